The molecule has 9 heteroatoms. The van der Waals surface area contributed by atoms with E-state index < -0.39 is 26.8 Å². The SMILES string of the molecule is C[C@@H]1[C@@H](C)CCC[C@](O)(Cc2ccccc2)[C@@H]2CC[C@H]2CN2CCCCc3cc(Cl)ccc3COc3ccc(cc32)C(=O)NS1(=O)=O. The molecule has 2 bridgehead atoms. The lowest BCUT2D eigenvalue weighted by molar-refractivity contribution is -0.0880. The molecular weight excluding hydrogens is 632 g/mol. The molecule has 0 saturated heterocycles. The molecule has 2 heterocycles. The summed E-state index contributed by atoms with van der Waals surface area (Å²) in [7, 11) is -3.94. The van der Waals surface area contributed by atoms with Gasteiger partial charge in [-0.05, 0) is 117 Å². The number of aliphatic hydroxyl groups is 1. The maximum Gasteiger partial charge on any atom is 0.264 e. The van der Waals surface area contributed by atoms with Crippen LogP contribution in [0, 0.1) is 17.8 Å². The van der Waals surface area contributed by atoms with Gasteiger partial charge in [-0.3, -0.25) is 4.79 Å². The first kappa shape index (κ1) is 33.8. The molecular formula is C38H47ClN2O5S. The molecule has 252 valence electrons. The van der Waals surface area contributed by atoms with Crippen molar-refractivity contribution in [2.24, 2.45) is 17.8 Å². The number of aryl methyl sites for hydroxylation is 1. The Balaban J connectivity index is 1.39. The highest BCUT2D eigenvalue weighted by atomic mass is 35.5. The molecule has 5 atom stereocenters. The van der Waals surface area contributed by atoms with Gasteiger partial charge in [-0.15, -0.1) is 0 Å². The number of halogens is 1. The highest BCUT2D eigenvalue weighted by Gasteiger charge is 2.47. The van der Waals surface area contributed by atoms with Crippen LogP contribution in [0.5, 0.6) is 5.75 Å². The molecule has 0 unspecified atom stereocenters. The Kier molecular flexibility index (Phi) is 10.2. The summed E-state index contributed by atoms with van der Waals surface area (Å²) in [5.74, 6) is 0.186. The third-order valence-electron chi connectivity index (χ3n) is 10.9. The number of nitrogens with zero attached hydrogens (tertiary/aromatic N) is 1. The third kappa shape index (κ3) is 7.65. The van der Waals surface area contributed by atoms with Gasteiger partial charge >= 0.3 is 0 Å². The Bertz CT molecular complexity index is 1680. The van der Waals surface area contributed by atoms with Crippen LogP contribution in [0.15, 0.2) is 66.7 Å². The number of carbonyl (C=O) groups excluding carboxylic acids is 1. The van der Waals surface area contributed by atoms with E-state index in [4.69, 9.17) is 16.3 Å². The minimum absolute atomic E-state index is 0.104. The Morgan fingerprint density at radius 1 is 0.979 bits per heavy atom. The van der Waals surface area contributed by atoms with E-state index >= 15 is 0 Å². The average molecular weight is 679 g/mol. The van der Waals surface area contributed by atoms with Crippen molar-refractivity contribution in [1.82, 2.24) is 4.72 Å². The van der Waals surface area contributed by atoms with Gasteiger partial charge in [0, 0.05) is 30.1 Å². The first-order valence-electron chi connectivity index (χ1n) is 17.1. The van der Waals surface area contributed by atoms with Crippen LogP contribution in [-0.4, -0.2) is 43.4 Å². The molecule has 2 N–H and O–H groups in total. The highest BCUT2D eigenvalue weighted by Crippen LogP contribution is 2.47. The van der Waals surface area contributed by atoms with Crippen LogP contribution in [0.4, 0.5) is 5.69 Å². The van der Waals surface area contributed by atoms with Gasteiger partial charge in [-0.25, -0.2) is 13.1 Å². The maximum atomic E-state index is 13.5. The zero-order chi connectivity index (χ0) is 33.2. The second kappa shape index (κ2) is 14.2. The number of hydrogen-bond donors (Lipinski definition) is 2. The number of fused-ring (bicyclic) bond motifs is 3. The second-order valence-electron chi connectivity index (χ2n) is 14.0. The Morgan fingerprint density at radius 3 is 2.55 bits per heavy atom. The topological polar surface area (TPSA) is 95.9 Å². The Morgan fingerprint density at radius 2 is 1.79 bits per heavy atom. The summed E-state index contributed by atoms with van der Waals surface area (Å²) in [4.78, 5) is 15.8. The molecule has 2 aliphatic heterocycles. The van der Waals surface area contributed by atoms with Gasteiger partial charge in [0.15, 0.2) is 0 Å². The monoisotopic (exact) mass is 678 g/mol. The molecule has 1 saturated carbocycles. The van der Waals surface area contributed by atoms with Crippen molar-refractivity contribution in [2.45, 2.75) is 89.1 Å². The van der Waals surface area contributed by atoms with Gasteiger partial charge in [-0.2, -0.15) is 0 Å². The van der Waals surface area contributed by atoms with Crippen LogP contribution in [0.2, 0.25) is 5.02 Å². The zero-order valence-corrected chi connectivity index (χ0v) is 29.0. The van der Waals surface area contributed by atoms with Gasteiger partial charge in [-0.1, -0.05) is 61.3 Å². The summed E-state index contributed by atoms with van der Waals surface area (Å²) in [6.45, 7) is 5.39. The molecule has 7 nitrogen and oxygen atoms in total. The van der Waals surface area contributed by atoms with Crippen LogP contribution < -0.4 is 14.4 Å². The van der Waals surface area contributed by atoms with E-state index in [-0.39, 0.29) is 23.3 Å². The lowest BCUT2D eigenvalue weighted by atomic mass is 9.61. The number of sulfonamides is 1. The van der Waals surface area contributed by atoms with Gasteiger partial charge in [0.1, 0.15) is 12.4 Å². The van der Waals surface area contributed by atoms with Crippen LogP contribution in [0.25, 0.3) is 0 Å². The van der Waals surface area contributed by atoms with E-state index in [0.29, 0.717) is 49.6 Å². The smallest absolute Gasteiger partial charge is 0.264 e. The summed E-state index contributed by atoms with van der Waals surface area (Å²) in [5, 5.41) is 12.4. The van der Waals surface area contributed by atoms with Crippen molar-refractivity contribution in [3.63, 3.8) is 0 Å². The molecule has 0 radical (unpaired) electrons. The second-order valence-corrected chi connectivity index (χ2v) is 16.5. The number of benzene rings is 3. The summed E-state index contributed by atoms with van der Waals surface area (Å²) in [6.07, 6.45) is 7.22. The van der Waals surface area contributed by atoms with Gasteiger partial charge < -0.3 is 14.7 Å². The van der Waals surface area contributed by atoms with E-state index in [1.165, 1.54) is 5.56 Å². The van der Waals surface area contributed by atoms with E-state index in [2.05, 4.69) is 21.8 Å². The van der Waals surface area contributed by atoms with E-state index in [1.807, 2.05) is 43.3 Å². The standard InChI is InChI=1S/C38H47ClN2O5S/c1-26-9-8-19-38(43,23-28-10-4-3-5-11-28)34-17-14-31(34)24-41-20-7-6-12-29-21-33(39)16-13-32(29)25-46-36-18-15-30(22-35(36)41)37(42)40-47(44,45)27(26)2/h3-5,10-11,13,15-16,18,21-22,26-27,31,34,43H,6-9,12,14,17,19-20,23-25H2,1-2H3,(H,40,42)/t26-,27+,31-,34+,38-/m0/s1. The molecule has 0 aromatic heterocycles. The number of hydrogen-bond acceptors (Lipinski definition) is 6. The van der Waals surface area contributed by atoms with Crippen molar-refractivity contribution in [3.8, 4) is 5.75 Å². The van der Waals surface area contributed by atoms with Crippen molar-refractivity contribution >= 4 is 33.2 Å². The predicted octanol–water partition coefficient (Wildman–Crippen LogP) is 7.33. The van der Waals surface area contributed by atoms with Gasteiger partial charge in [0.2, 0.25) is 10.0 Å². The average Bonchev–Trinajstić information content (AvgIpc) is 3.05. The minimum Gasteiger partial charge on any atom is -0.487 e. The molecule has 3 aromatic rings. The predicted molar refractivity (Wildman–Crippen MR) is 188 cm³/mol. The summed E-state index contributed by atoms with van der Waals surface area (Å²) in [6, 6.07) is 21.3. The first-order chi connectivity index (χ1) is 22.5. The fourth-order valence-electron chi connectivity index (χ4n) is 7.76. The highest BCUT2D eigenvalue weighted by molar-refractivity contribution is 7.90. The number of nitrogens with one attached hydrogen (secondary N) is 1. The lowest BCUT2D eigenvalue weighted by Gasteiger charge is -2.49. The molecule has 3 aromatic carbocycles. The summed E-state index contributed by atoms with van der Waals surface area (Å²) >= 11 is 6.36. The van der Waals surface area contributed by atoms with E-state index in [9.17, 15) is 18.3 Å². The number of carbonyl (C=O) groups is 1. The molecule has 1 aliphatic carbocycles. The van der Waals surface area contributed by atoms with Crippen molar-refractivity contribution in [3.05, 3.63) is 94.0 Å². The fraction of sp³-hybridized carbons (Fsp3) is 0.500. The Labute approximate surface area is 284 Å². The normalized spacial score (nSPS) is 28.3. The van der Waals surface area contributed by atoms with E-state index in [0.717, 1.165) is 55.5 Å². The number of amides is 1. The quantitative estimate of drug-likeness (QED) is 0.295. The van der Waals surface area contributed by atoms with Crippen molar-refractivity contribution < 1.29 is 23.1 Å². The zero-order valence-electron chi connectivity index (χ0n) is 27.5. The van der Waals surface area contributed by atoms with Crippen molar-refractivity contribution in [2.75, 3.05) is 18.0 Å². The third-order valence-corrected chi connectivity index (χ3v) is 13.1. The molecule has 3 aliphatic rings. The molecule has 47 heavy (non-hydrogen) atoms. The number of ether oxygens (including phenoxy) is 1. The molecule has 1 fully saturated rings. The minimum atomic E-state index is -3.94. The van der Waals surface area contributed by atoms with Gasteiger partial charge in [0.05, 0.1) is 16.5 Å². The van der Waals surface area contributed by atoms with Crippen LogP contribution in [-0.2, 0) is 29.5 Å². The summed E-state index contributed by atoms with van der Waals surface area (Å²) < 4.78 is 35.7. The maximum absolute atomic E-state index is 13.5. The first-order valence-corrected chi connectivity index (χ1v) is 19.1. The molecule has 1 amide bonds. The largest absolute Gasteiger partial charge is 0.487 e. The number of anilines is 1. The molecule has 0 spiro atoms. The van der Waals surface area contributed by atoms with Crippen molar-refractivity contribution in [1.29, 1.82) is 0 Å². The summed E-state index contributed by atoms with van der Waals surface area (Å²) in [5.41, 5.74) is 3.50. The lowest BCUT2D eigenvalue weighted by Crippen LogP contribution is -2.52. The number of rotatable bonds is 2. The molecule has 6 rings (SSSR count). The van der Waals surface area contributed by atoms with Crippen LogP contribution in [0.1, 0.15) is 85.8 Å². The van der Waals surface area contributed by atoms with E-state index in [1.54, 1.807) is 25.1 Å². The van der Waals surface area contributed by atoms with Crippen LogP contribution >= 0.6 is 11.6 Å². The fourth-order valence-corrected chi connectivity index (χ4v) is 9.27. The van der Waals surface area contributed by atoms with Gasteiger partial charge in [0.25, 0.3) is 5.91 Å². The Hall–Kier alpha value is -3.07. The van der Waals surface area contributed by atoms with Crippen LogP contribution in [0.3, 0.4) is 0 Å².